The zero-order valence-corrected chi connectivity index (χ0v) is 8.93. The Morgan fingerprint density at radius 1 is 1.50 bits per heavy atom. The standard InChI is InChI=1S/C10H12N2O4/c1-10(2)6(7(10)9(14)15)8(13)11-5-3-4-16-12-5/h3-4,6-7H,1-2H3,(H,14,15)(H,11,12,13)/t6-,7-/m1/s1. The van der Waals surface area contributed by atoms with E-state index in [1.807, 2.05) is 0 Å². The quantitative estimate of drug-likeness (QED) is 0.798. The molecular weight excluding hydrogens is 212 g/mol. The van der Waals surface area contributed by atoms with Crippen LogP contribution in [0.25, 0.3) is 0 Å². The van der Waals surface area contributed by atoms with Gasteiger partial charge in [-0.3, -0.25) is 9.59 Å². The largest absolute Gasteiger partial charge is 0.481 e. The molecule has 0 aromatic carbocycles. The molecule has 0 saturated heterocycles. The second-order valence-electron chi connectivity index (χ2n) is 4.49. The van der Waals surface area contributed by atoms with Gasteiger partial charge in [0.05, 0.1) is 11.8 Å². The van der Waals surface area contributed by atoms with Crippen molar-refractivity contribution in [3.8, 4) is 0 Å². The van der Waals surface area contributed by atoms with E-state index in [-0.39, 0.29) is 5.91 Å². The Bertz CT molecular complexity index is 424. The molecule has 0 bridgehead atoms. The van der Waals surface area contributed by atoms with Gasteiger partial charge in [0.1, 0.15) is 6.26 Å². The fourth-order valence-electron chi connectivity index (χ4n) is 2.07. The number of nitrogens with one attached hydrogen (secondary N) is 1. The van der Waals surface area contributed by atoms with Crippen molar-refractivity contribution in [3.05, 3.63) is 12.3 Å². The van der Waals surface area contributed by atoms with Crippen LogP contribution in [0.5, 0.6) is 0 Å². The number of aromatic nitrogens is 1. The van der Waals surface area contributed by atoms with Crippen LogP contribution in [0, 0.1) is 17.3 Å². The van der Waals surface area contributed by atoms with Crippen LogP contribution in [-0.4, -0.2) is 22.1 Å². The van der Waals surface area contributed by atoms with Gasteiger partial charge in [0, 0.05) is 6.07 Å². The third-order valence-corrected chi connectivity index (χ3v) is 3.06. The lowest BCUT2D eigenvalue weighted by Crippen LogP contribution is -2.17. The van der Waals surface area contributed by atoms with Crippen molar-refractivity contribution in [2.45, 2.75) is 13.8 Å². The van der Waals surface area contributed by atoms with Gasteiger partial charge < -0.3 is 14.9 Å². The van der Waals surface area contributed by atoms with E-state index in [1.165, 1.54) is 12.3 Å². The van der Waals surface area contributed by atoms with E-state index < -0.39 is 23.2 Å². The van der Waals surface area contributed by atoms with Gasteiger partial charge in [-0.05, 0) is 5.41 Å². The van der Waals surface area contributed by atoms with Crippen LogP contribution in [0.3, 0.4) is 0 Å². The number of carboxylic acid groups (broad SMARTS) is 1. The van der Waals surface area contributed by atoms with Crippen LogP contribution in [-0.2, 0) is 9.59 Å². The summed E-state index contributed by atoms with van der Waals surface area (Å²) in [5.74, 6) is -2.10. The van der Waals surface area contributed by atoms with Crippen LogP contribution in [0.4, 0.5) is 5.82 Å². The molecule has 0 radical (unpaired) electrons. The van der Waals surface area contributed by atoms with E-state index in [1.54, 1.807) is 13.8 Å². The predicted octanol–water partition coefficient (Wildman–Crippen LogP) is 0.970. The average molecular weight is 224 g/mol. The molecule has 1 aliphatic rings. The lowest BCUT2D eigenvalue weighted by Gasteiger charge is -2.01. The SMILES string of the molecule is CC1(C)[C@@H](C(=O)O)[C@@H]1C(=O)Nc1ccon1. The van der Waals surface area contributed by atoms with Gasteiger partial charge in [-0.1, -0.05) is 19.0 Å². The number of carbonyl (C=O) groups is 2. The summed E-state index contributed by atoms with van der Waals surface area (Å²) in [7, 11) is 0. The van der Waals surface area contributed by atoms with Crippen LogP contribution in [0.15, 0.2) is 16.9 Å². The molecule has 1 saturated carbocycles. The highest BCUT2D eigenvalue weighted by Gasteiger charge is 2.65. The third kappa shape index (κ3) is 1.56. The molecule has 1 amide bonds. The van der Waals surface area contributed by atoms with Gasteiger partial charge in [-0.15, -0.1) is 0 Å². The minimum atomic E-state index is -0.940. The van der Waals surface area contributed by atoms with E-state index in [2.05, 4.69) is 15.0 Å². The number of hydrogen-bond donors (Lipinski definition) is 2. The molecule has 2 rings (SSSR count). The molecular formula is C10H12N2O4. The highest BCUT2D eigenvalue weighted by molar-refractivity contribution is 5.99. The van der Waals surface area contributed by atoms with E-state index in [0.717, 1.165) is 0 Å². The molecule has 1 aromatic heterocycles. The minimum absolute atomic E-state index is 0.303. The van der Waals surface area contributed by atoms with Gasteiger partial charge in [0.2, 0.25) is 5.91 Å². The van der Waals surface area contributed by atoms with Crippen LogP contribution < -0.4 is 5.32 Å². The molecule has 6 nitrogen and oxygen atoms in total. The summed E-state index contributed by atoms with van der Waals surface area (Å²) >= 11 is 0. The zero-order chi connectivity index (χ0) is 11.9. The van der Waals surface area contributed by atoms with E-state index in [0.29, 0.717) is 5.82 Å². The monoisotopic (exact) mass is 224 g/mol. The molecule has 1 aliphatic carbocycles. The van der Waals surface area contributed by atoms with Gasteiger partial charge in [-0.2, -0.15) is 0 Å². The van der Waals surface area contributed by atoms with E-state index >= 15 is 0 Å². The highest BCUT2D eigenvalue weighted by Crippen LogP contribution is 2.58. The molecule has 0 spiro atoms. The first-order valence-electron chi connectivity index (χ1n) is 4.88. The first-order valence-corrected chi connectivity index (χ1v) is 4.88. The van der Waals surface area contributed by atoms with Crippen molar-refractivity contribution in [3.63, 3.8) is 0 Å². The number of hydrogen-bond acceptors (Lipinski definition) is 4. The van der Waals surface area contributed by atoms with Crippen molar-refractivity contribution in [1.82, 2.24) is 5.16 Å². The number of carbonyl (C=O) groups excluding carboxylic acids is 1. The molecule has 2 N–H and O–H groups in total. The van der Waals surface area contributed by atoms with Gasteiger partial charge in [0.15, 0.2) is 5.82 Å². The molecule has 86 valence electrons. The maximum atomic E-state index is 11.7. The summed E-state index contributed by atoms with van der Waals surface area (Å²) in [4.78, 5) is 22.6. The summed E-state index contributed by atoms with van der Waals surface area (Å²) in [5, 5.41) is 15.0. The Morgan fingerprint density at radius 3 is 2.62 bits per heavy atom. The maximum Gasteiger partial charge on any atom is 0.307 e. The molecule has 16 heavy (non-hydrogen) atoms. The first kappa shape index (κ1) is 10.7. The van der Waals surface area contributed by atoms with Crippen LogP contribution in [0.2, 0.25) is 0 Å². The van der Waals surface area contributed by atoms with Crippen molar-refractivity contribution < 1.29 is 19.2 Å². The van der Waals surface area contributed by atoms with Crippen molar-refractivity contribution >= 4 is 17.7 Å². The molecule has 0 aliphatic heterocycles. The van der Waals surface area contributed by atoms with Crippen LogP contribution in [0.1, 0.15) is 13.8 Å². The second-order valence-corrected chi connectivity index (χ2v) is 4.49. The lowest BCUT2D eigenvalue weighted by atomic mass is 10.1. The fraction of sp³-hybridized carbons (Fsp3) is 0.500. The number of amides is 1. The Kier molecular flexibility index (Phi) is 2.22. The summed E-state index contributed by atoms with van der Waals surface area (Å²) in [6, 6.07) is 1.50. The summed E-state index contributed by atoms with van der Waals surface area (Å²) < 4.78 is 4.56. The van der Waals surface area contributed by atoms with Gasteiger partial charge >= 0.3 is 5.97 Å². The number of nitrogens with zero attached hydrogens (tertiary/aromatic N) is 1. The Balaban J connectivity index is 2.05. The highest BCUT2D eigenvalue weighted by atomic mass is 16.5. The molecule has 0 unspecified atom stereocenters. The molecule has 1 aromatic rings. The van der Waals surface area contributed by atoms with Gasteiger partial charge in [0.25, 0.3) is 0 Å². The number of anilines is 1. The van der Waals surface area contributed by atoms with Crippen molar-refractivity contribution in [2.24, 2.45) is 17.3 Å². The van der Waals surface area contributed by atoms with Crippen LogP contribution >= 0.6 is 0 Å². The van der Waals surface area contributed by atoms with Gasteiger partial charge in [-0.25, -0.2) is 0 Å². The maximum absolute atomic E-state index is 11.7. The molecule has 2 atom stereocenters. The second kappa shape index (κ2) is 3.33. The summed E-state index contributed by atoms with van der Waals surface area (Å²) in [5.41, 5.74) is -0.500. The molecule has 1 heterocycles. The number of carboxylic acids is 1. The topological polar surface area (TPSA) is 92.4 Å². The van der Waals surface area contributed by atoms with Crippen molar-refractivity contribution in [2.75, 3.05) is 5.32 Å². The van der Waals surface area contributed by atoms with E-state index in [4.69, 9.17) is 5.11 Å². The Morgan fingerprint density at radius 2 is 2.19 bits per heavy atom. The normalized spacial score (nSPS) is 26.1. The zero-order valence-electron chi connectivity index (χ0n) is 8.93. The average Bonchev–Trinajstić information content (AvgIpc) is 2.58. The smallest absolute Gasteiger partial charge is 0.307 e. The molecule has 1 fully saturated rings. The molecule has 6 heteroatoms. The predicted molar refractivity (Wildman–Crippen MR) is 53.5 cm³/mol. The number of rotatable bonds is 3. The Labute approximate surface area is 91.6 Å². The summed E-state index contributed by atoms with van der Waals surface area (Å²) in [6.45, 7) is 3.53. The summed E-state index contributed by atoms with van der Waals surface area (Å²) in [6.07, 6.45) is 1.34. The fourth-order valence-corrected chi connectivity index (χ4v) is 2.07. The lowest BCUT2D eigenvalue weighted by molar-refractivity contribution is -0.140. The Hall–Kier alpha value is -1.85. The third-order valence-electron chi connectivity index (χ3n) is 3.06. The van der Waals surface area contributed by atoms with Crippen molar-refractivity contribution in [1.29, 1.82) is 0 Å². The minimum Gasteiger partial charge on any atom is -0.481 e. The van der Waals surface area contributed by atoms with E-state index in [9.17, 15) is 9.59 Å². The first-order chi connectivity index (χ1) is 7.44. The number of aliphatic carboxylic acids is 1.